The van der Waals surface area contributed by atoms with Crippen molar-refractivity contribution >= 4 is 88.4 Å². The highest BCUT2D eigenvalue weighted by Gasteiger charge is 2.56. The highest BCUT2D eigenvalue weighted by Crippen LogP contribution is 2.56. The monoisotopic (exact) mass is 1350 g/mol. The zero-order valence-corrected chi connectivity index (χ0v) is 59.4. The predicted octanol–water partition coefficient (Wildman–Crippen LogP) is 14.8. The third-order valence-corrected chi connectivity index (χ3v) is 25.5. The molecule has 0 spiro atoms. The first-order chi connectivity index (χ1) is 45.4. The van der Waals surface area contributed by atoms with Crippen molar-refractivity contribution in [3.8, 4) is 0 Å². The Hall–Kier alpha value is -5.28. The van der Waals surface area contributed by atoms with E-state index in [0.29, 0.717) is 16.7 Å². The summed E-state index contributed by atoms with van der Waals surface area (Å²) in [6, 6.07) is 12.5. The van der Waals surface area contributed by atoms with E-state index in [1.165, 1.54) is 57.8 Å². The molecule has 21 heteroatoms. The molecule has 8 aliphatic rings. The fourth-order valence-electron chi connectivity index (χ4n) is 15.4. The fourth-order valence-corrected chi connectivity index (χ4v) is 18.0. The minimum absolute atomic E-state index is 0.000365. The maximum absolute atomic E-state index is 13.0. The van der Waals surface area contributed by atoms with Crippen LogP contribution >= 0.6 is 35.3 Å². The molecule has 3 aliphatic heterocycles. The second-order valence-electron chi connectivity index (χ2n) is 28.6. The van der Waals surface area contributed by atoms with E-state index >= 15 is 0 Å². The van der Waals surface area contributed by atoms with Crippen LogP contribution in [-0.2, 0) is 14.4 Å². The number of nitrogens with one attached hydrogen (secondary N) is 3. The second-order valence-corrected chi connectivity index (χ2v) is 31.9. The van der Waals surface area contributed by atoms with E-state index in [0.717, 1.165) is 217 Å². The third kappa shape index (κ3) is 18.7. The molecule has 5 aliphatic carbocycles. The molecule has 6 N–H and O–H groups in total. The number of nitrogens with zero attached hydrogens (tertiary/aromatic N) is 6. The number of carbonyl (C=O) groups is 6. The highest BCUT2D eigenvalue weighted by molar-refractivity contribution is 7.99. The SMILES string of the molecule is CCCSc1nc(N2CCC(C(C)(C)C(=O)O)CC2)ccc1C(=O)NC1CCCCC1.CCCSc1nc(N2CCC(C3(C(=O)O)CC3)CC2)ccc1C(=O)NC1CCCCC1.CCCSc1nc(N2CCC(C3(C(=O)O)CCC3)CC2)ccc1C(=O)NC1CCCCC1. The summed E-state index contributed by atoms with van der Waals surface area (Å²) in [6.45, 7) is 15.0. The van der Waals surface area contributed by atoms with Crippen LogP contribution in [0, 0.1) is 34.0 Å². The van der Waals surface area contributed by atoms with E-state index in [4.69, 9.17) is 15.0 Å². The Balaban J connectivity index is 0.000000166. The molecule has 5 saturated carbocycles. The van der Waals surface area contributed by atoms with Crippen LogP contribution in [0.1, 0.15) is 252 Å². The van der Waals surface area contributed by atoms with Crippen LogP contribution in [0.4, 0.5) is 17.5 Å². The maximum Gasteiger partial charge on any atom is 0.309 e. The van der Waals surface area contributed by atoms with Gasteiger partial charge in [-0.3, -0.25) is 28.8 Å². The first kappa shape index (κ1) is 73.0. The number of thioether (sulfide) groups is 3. The maximum atomic E-state index is 13.0. The van der Waals surface area contributed by atoms with E-state index in [1.54, 1.807) is 35.3 Å². The molecule has 518 valence electrons. The van der Waals surface area contributed by atoms with Gasteiger partial charge >= 0.3 is 17.9 Å². The topological polar surface area (TPSA) is 248 Å². The average molecular weight is 1350 g/mol. The number of piperidine rings is 3. The van der Waals surface area contributed by atoms with Crippen LogP contribution < -0.4 is 30.7 Å². The molecule has 0 atom stereocenters. The van der Waals surface area contributed by atoms with Crippen molar-refractivity contribution < 1.29 is 44.1 Å². The smallest absolute Gasteiger partial charge is 0.309 e. The number of carboxylic acid groups (broad SMARTS) is 3. The van der Waals surface area contributed by atoms with Gasteiger partial charge in [0.15, 0.2) is 0 Å². The Kier molecular flexibility index (Phi) is 27.0. The number of amides is 3. The van der Waals surface area contributed by atoms with Gasteiger partial charge < -0.3 is 46.0 Å². The summed E-state index contributed by atoms with van der Waals surface area (Å²) in [5.41, 5.74) is 0.404. The highest BCUT2D eigenvalue weighted by atomic mass is 32.2. The molecule has 3 aromatic rings. The normalized spacial score (nSPS) is 20.7. The molecule has 8 fully saturated rings. The minimum atomic E-state index is -0.726. The molecule has 0 aromatic carbocycles. The van der Waals surface area contributed by atoms with Gasteiger partial charge in [0.25, 0.3) is 17.7 Å². The molecule has 0 radical (unpaired) electrons. The first-order valence-electron chi connectivity index (χ1n) is 36.2. The molecular formula is C73H109N9O9S3. The van der Waals surface area contributed by atoms with E-state index in [1.807, 2.05) is 50.2 Å². The largest absolute Gasteiger partial charge is 0.481 e. The van der Waals surface area contributed by atoms with Crippen molar-refractivity contribution in [2.24, 2.45) is 34.0 Å². The number of rotatable bonds is 24. The zero-order valence-electron chi connectivity index (χ0n) is 57.0. The second kappa shape index (κ2) is 34.8. The van der Waals surface area contributed by atoms with Crippen molar-refractivity contribution in [3.05, 3.63) is 53.1 Å². The molecule has 3 amide bonds. The van der Waals surface area contributed by atoms with Crippen molar-refractivity contribution in [3.63, 3.8) is 0 Å². The van der Waals surface area contributed by atoms with Crippen LogP contribution in [0.2, 0.25) is 0 Å². The number of carboxylic acids is 3. The Labute approximate surface area is 572 Å². The lowest BCUT2D eigenvalue weighted by Crippen LogP contribution is -2.49. The molecule has 3 saturated heterocycles. The lowest BCUT2D eigenvalue weighted by atomic mass is 9.58. The lowest BCUT2D eigenvalue weighted by molar-refractivity contribution is -0.160. The third-order valence-electron chi connectivity index (χ3n) is 21.9. The number of hydrogen-bond acceptors (Lipinski definition) is 15. The van der Waals surface area contributed by atoms with Gasteiger partial charge in [-0.2, -0.15) is 0 Å². The van der Waals surface area contributed by atoms with Crippen LogP contribution in [-0.4, -0.2) is 141 Å². The van der Waals surface area contributed by atoms with Gasteiger partial charge in [-0.1, -0.05) is 85.0 Å². The van der Waals surface area contributed by atoms with Crippen molar-refractivity contribution in [1.29, 1.82) is 0 Å². The zero-order chi connectivity index (χ0) is 66.8. The Morgan fingerprint density at radius 3 is 0.989 bits per heavy atom. The number of aliphatic carboxylic acids is 3. The molecule has 0 unspecified atom stereocenters. The van der Waals surface area contributed by atoms with Crippen LogP contribution in [0.3, 0.4) is 0 Å². The lowest BCUT2D eigenvalue weighted by Gasteiger charge is -2.47. The number of carbonyl (C=O) groups excluding carboxylic acids is 3. The summed E-state index contributed by atoms with van der Waals surface area (Å²) >= 11 is 4.97. The fraction of sp³-hybridized carbons (Fsp3) is 0.712. The molecule has 6 heterocycles. The van der Waals surface area contributed by atoms with Gasteiger partial charge in [-0.05, 0) is 207 Å². The van der Waals surface area contributed by atoms with E-state index in [9.17, 15) is 44.1 Å². The van der Waals surface area contributed by atoms with E-state index < -0.39 is 34.2 Å². The number of hydrogen-bond donors (Lipinski definition) is 6. The van der Waals surface area contributed by atoms with Gasteiger partial charge in [0.2, 0.25) is 0 Å². The molecule has 11 rings (SSSR count). The van der Waals surface area contributed by atoms with Crippen LogP contribution in [0.5, 0.6) is 0 Å². The predicted molar refractivity (Wildman–Crippen MR) is 378 cm³/mol. The first-order valence-corrected chi connectivity index (χ1v) is 39.1. The van der Waals surface area contributed by atoms with E-state index in [-0.39, 0.29) is 53.6 Å². The quantitative estimate of drug-likeness (QED) is 0.0456. The molecule has 94 heavy (non-hydrogen) atoms. The number of anilines is 3. The Morgan fingerprint density at radius 1 is 0.436 bits per heavy atom. The summed E-state index contributed by atoms with van der Waals surface area (Å²) < 4.78 is 0. The summed E-state index contributed by atoms with van der Waals surface area (Å²) in [4.78, 5) is 95.5. The van der Waals surface area contributed by atoms with Gasteiger partial charge in [-0.25, -0.2) is 15.0 Å². The molecule has 3 aromatic heterocycles. The Bertz CT molecular complexity index is 2890. The number of pyridine rings is 3. The minimum Gasteiger partial charge on any atom is -0.481 e. The molecule has 18 nitrogen and oxygen atoms in total. The summed E-state index contributed by atoms with van der Waals surface area (Å²) in [5.74, 6) is 4.25. The Morgan fingerprint density at radius 2 is 0.734 bits per heavy atom. The standard InChI is InChI=1S/C25H37N3O3S.C24H35N3O3S.C24H37N3O3S/c1-2-17-32-23-20(22(29)26-19-7-4-3-5-8-19)9-10-21(27-23)28-15-11-18(12-16-28)25(24(30)31)13-6-14-25;1-2-16-31-22-19(21(28)25-18-6-4-3-5-7-18)8-9-20(26-22)27-14-10-17(11-15-27)24(12-13-24)23(29)30;1-4-16-31-22-19(21(28)25-18-8-6-5-7-9-18)10-11-20(26-22)27-14-12-17(13-15-27)24(2,3)23(29)30/h9-10,18-19H,2-8,11-17H2,1H3,(H,26,29)(H,30,31);8-9,17-18H,2-7,10-16H2,1H3,(H,25,28)(H,29,30);10-11,17-18H,4-9,12-16H2,1-3H3,(H,25,28)(H,29,30). The van der Waals surface area contributed by atoms with Gasteiger partial charge in [0.05, 0.1) is 32.9 Å². The average Bonchev–Trinajstić information content (AvgIpc) is 1.52. The molecule has 0 bridgehead atoms. The van der Waals surface area contributed by atoms with Crippen molar-refractivity contribution in [2.75, 3.05) is 71.2 Å². The van der Waals surface area contributed by atoms with Crippen LogP contribution in [0.25, 0.3) is 0 Å². The van der Waals surface area contributed by atoms with Gasteiger partial charge in [-0.15, -0.1) is 35.3 Å². The summed E-state index contributed by atoms with van der Waals surface area (Å²) in [7, 11) is 0. The van der Waals surface area contributed by atoms with Crippen molar-refractivity contribution in [2.45, 2.75) is 254 Å². The number of aromatic nitrogens is 3. The van der Waals surface area contributed by atoms with Gasteiger partial charge in [0, 0.05) is 57.4 Å². The van der Waals surface area contributed by atoms with Gasteiger partial charge in [0.1, 0.15) is 32.5 Å². The summed E-state index contributed by atoms with van der Waals surface area (Å²) in [5, 5.41) is 41.0. The van der Waals surface area contributed by atoms with Crippen molar-refractivity contribution in [1.82, 2.24) is 30.9 Å². The molecular weight excluding hydrogens is 1240 g/mol. The van der Waals surface area contributed by atoms with E-state index in [2.05, 4.69) is 51.4 Å². The van der Waals surface area contributed by atoms with Crippen LogP contribution in [0.15, 0.2) is 51.5 Å². The summed E-state index contributed by atoms with van der Waals surface area (Å²) in [6.07, 6.45) is 30.1.